The third-order valence-corrected chi connectivity index (χ3v) is 3.55. The molecule has 2 N–H and O–H groups in total. The van der Waals surface area contributed by atoms with Crippen LogP contribution in [0.25, 0.3) is 0 Å². The first-order valence-electron chi connectivity index (χ1n) is 6.65. The van der Waals surface area contributed by atoms with E-state index in [0.717, 1.165) is 19.7 Å². The second-order valence-corrected chi connectivity index (χ2v) is 4.80. The van der Waals surface area contributed by atoms with E-state index in [0.29, 0.717) is 6.04 Å². The van der Waals surface area contributed by atoms with Crippen molar-refractivity contribution in [3.63, 3.8) is 0 Å². The predicted molar refractivity (Wildman–Crippen MR) is 76.7 cm³/mol. The second-order valence-electron chi connectivity index (χ2n) is 4.80. The number of nitrogens with two attached hydrogens (primary N) is 1. The van der Waals surface area contributed by atoms with Gasteiger partial charge in [-0.15, -0.1) is 0 Å². The standard InChI is InChI=1S/C15H26N2O/c1-5-17(10-11-18-4)13(3)15(16)14-8-6-12(2)7-9-14/h6-9,13,15H,5,10-11,16H2,1-4H3. The van der Waals surface area contributed by atoms with Gasteiger partial charge in [-0.05, 0) is 26.0 Å². The lowest BCUT2D eigenvalue weighted by molar-refractivity contribution is 0.119. The molecule has 1 rings (SSSR count). The molecule has 0 radical (unpaired) electrons. The molecular formula is C15H26N2O. The van der Waals surface area contributed by atoms with Gasteiger partial charge in [0.15, 0.2) is 0 Å². The molecule has 2 unspecified atom stereocenters. The van der Waals surface area contributed by atoms with Crippen LogP contribution >= 0.6 is 0 Å². The monoisotopic (exact) mass is 250 g/mol. The van der Waals surface area contributed by atoms with Gasteiger partial charge in [-0.1, -0.05) is 36.8 Å². The van der Waals surface area contributed by atoms with Crippen molar-refractivity contribution in [3.05, 3.63) is 35.4 Å². The van der Waals surface area contributed by atoms with Gasteiger partial charge < -0.3 is 10.5 Å². The van der Waals surface area contributed by atoms with Crippen LogP contribution in [0, 0.1) is 6.92 Å². The maximum Gasteiger partial charge on any atom is 0.0589 e. The summed E-state index contributed by atoms with van der Waals surface area (Å²) in [6.07, 6.45) is 0. The van der Waals surface area contributed by atoms with E-state index >= 15 is 0 Å². The zero-order chi connectivity index (χ0) is 13.5. The predicted octanol–water partition coefficient (Wildman–Crippen LogP) is 2.35. The molecule has 0 aliphatic heterocycles. The van der Waals surface area contributed by atoms with Crippen molar-refractivity contribution in [2.24, 2.45) is 5.73 Å². The van der Waals surface area contributed by atoms with Crippen molar-refractivity contribution in [3.8, 4) is 0 Å². The van der Waals surface area contributed by atoms with E-state index < -0.39 is 0 Å². The van der Waals surface area contributed by atoms with Gasteiger partial charge in [0.1, 0.15) is 0 Å². The maximum absolute atomic E-state index is 6.35. The Balaban J connectivity index is 2.68. The first-order valence-corrected chi connectivity index (χ1v) is 6.65. The fourth-order valence-corrected chi connectivity index (χ4v) is 2.15. The fraction of sp³-hybridized carbons (Fsp3) is 0.600. The summed E-state index contributed by atoms with van der Waals surface area (Å²) in [5.41, 5.74) is 8.82. The van der Waals surface area contributed by atoms with E-state index in [2.05, 4.69) is 49.9 Å². The van der Waals surface area contributed by atoms with E-state index in [9.17, 15) is 0 Å². The molecule has 0 fully saturated rings. The molecule has 3 heteroatoms. The van der Waals surface area contributed by atoms with Gasteiger partial charge in [-0.25, -0.2) is 0 Å². The van der Waals surface area contributed by atoms with Gasteiger partial charge in [-0.2, -0.15) is 0 Å². The van der Waals surface area contributed by atoms with Crippen LogP contribution in [0.4, 0.5) is 0 Å². The Bertz CT molecular complexity index is 337. The molecule has 1 aromatic rings. The van der Waals surface area contributed by atoms with Crippen molar-refractivity contribution >= 4 is 0 Å². The van der Waals surface area contributed by atoms with Crippen molar-refractivity contribution < 1.29 is 4.74 Å². The molecule has 0 aliphatic rings. The summed E-state index contributed by atoms with van der Waals surface area (Å²) in [6, 6.07) is 8.84. The molecule has 0 aromatic heterocycles. The summed E-state index contributed by atoms with van der Waals surface area (Å²) < 4.78 is 5.14. The van der Waals surface area contributed by atoms with Gasteiger partial charge in [0.2, 0.25) is 0 Å². The number of methoxy groups -OCH3 is 1. The van der Waals surface area contributed by atoms with Gasteiger partial charge in [0.25, 0.3) is 0 Å². The Morgan fingerprint density at radius 1 is 1.28 bits per heavy atom. The Morgan fingerprint density at radius 3 is 2.39 bits per heavy atom. The largest absolute Gasteiger partial charge is 0.383 e. The van der Waals surface area contributed by atoms with E-state index in [-0.39, 0.29) is 6.04 Å². The summed E-state index contributed by atoms with van der Waals surface area (Å²) in [6.45, 7) is 9.10. The first-order chi connectivity index (χ1) is 8.60. The lowest BCUT2D eigenvalue weighted by Gasteiger charge is -2.32. The molecule has 1 aromatic carbocycles. The zero-order valence-electron chi connectivity index (χ0n) is 12.0. The minimum absolute atomic E-state index is 0.0439. The molecule has 0 aliphatic carbocycles. The van der Waals surface area contributed by atoms with Crippen LogP contribution in [0.3, 0.4) is 0 Å². The summed E-state index contributed by atoms with van der Waals surface area (Å²) >= 11 is 0. The average Bonchev–Trinajstić information content (AvgIpc) is 2.39. The van der Waals surface area contributed by atoms with Crippen LogP contribution in [0.5, 0.6) is 0 Å². The van der Waals surface area contributed by atoms with Gasteiger partial charge in [-0.3, -0.25) is 4.90 Å². The Hall–Kier alpha value is -0.900. The summed E-state index contributed by atoms with van der Waals surface area (Å²) in [4.78, 5) is 2.36. The van der Waals surface area contributed by atoms with E-state index in [4.69, 9.17) is 10.5 Å². The number of likely N-dealkylation sites (N-methyl/N-ethyl adjacent to an activating group) is 1. The van der Waals surface area contributed by atoms with Crippen LogP contribution in [0.1, 0.15) is 31.0 Å². The normalized spacial score (nSPS) is 14.8. The Kier molecular flexibility index (Phi) is 6.33. The third kappa shape index (κ3) is 4.09. The topological polar surface area (TPSA) is 38.5 Å². The second kappa shape index (κ2) is 7.52. The first kappa shape index (κ1) is 15.2. The summed E-state index contributed by atoms with van der Waals surface area (Å²) in [7, 11) is 1.73. The lowest BCUT2D eigenvalue weighted by Crippen LogP contribution is -2.42. The molecule has 0 amide bonds. The molecule has 102 valence electrons. The summed E-state index contributed by atoms with van der Waals surface area (Å²) in [5.74, 6) is 0. The molecule has 2 atom stereocenters. The highest BCUT2D eigenvalue weighted by Crippen LogP contribution is 2.18. The van der Waals surface area contributed by atoms with E-state index in [1.807, 2.05) is 0 Å². The van der Waals surface area contributed by atoms with Crippen LogP contribution in [-0.2, 0) is 4.74 Å². The van der Waals surface area contributed by atoms with Crippen molar-refractivity contribution in [1.29, 1.82) is 0 Å². The molecule has 0 heterocycles. The van der Waals surface area contributed by atoms with Gasteiger partial charge in [0, 0.05) is 25.7 Å². The van der Waals surface area contributed by atoms with Crippen molar-refractivity contribution in [2.45, 2.75) is 32.9 Å². The van der Waals surface area contributed by atoms with E-state index in [1.165, 1.54) is 11.1 Å². The van der Waals surface area contributed by atoms with Gasteiger partial charge in [0.05, 0.1) is 6.61 Å². The molecule has 3 nitrogen and oxygen atoms in total. The highest BCUT2D eigenvalue weighted by Gasteiger charge is 2.20. The number of benzene rings is 1. The zero-order valence-corrected chi connectivity index (χ0v) is 12.0. The lowest BCUT2D eigenvalue weighted by atomic mass is 9.99. The number of hydrogen-bond acceptors (Lipinski definition) is 3. The molecule has 0 spiro atoms. The minimum Gasteiger partial charge on any atom is -0.383 e. The quantitative estimate of drug-likeness (QED) is 0.807. The highest BCUT2D eigenvalue weighted by molar-refractivity contribution is 5.24. The van der Waals surface area contributed by atoms with E-state index in [1.54, 1.807) is 7.11 Å². The van der Waals surface area contributed by atoms with Crippen LogP contribution in [-0.4, -0.2) is 37.7 Å². The smallest absolute Gasteiger partial charge is 0.0589 e. The number of rotatable bonds is 7. The number of aryl methyl sites for hydroxylation is 1. The summed E-state index contributed by atoms with van der Waals surface area (Å²) in [5, 5.41) is 0. The Morgan fingerprint density at radius 2 is 1.89 bits per heavy atom. The minimum atomic E-state index is 0.0439. The van der Waals surface area contributed by atoms with Crippen LogP contribution in [0.15, 0.2) is 24.3 Å². The number of nitrogens with zero attached hydrogens (tertiary/aromatic N) is 1. The third-order valence-electron chi connectivity index (χ3n) is 3.55. The van der Waals surface area contributed by atoms with Gasteiger partial charge >= 0.3 is 0 Å². The number of ether oxygens (including phenoxy) is 1. The van der Waals surface area contributed by atoms with Crippen LogP contribution < -0.4 is 5.73 Å². The molecular weight excluding hydrogens is 224 g/mol. The SMILES string of the molecule is CCN(CCOC)C(C)C(N)c1ccc(C)cc1. The molecule has 0 bridgehead atoms. The van der Waals surface area contributed by atoms with Crippen LogP contribution in [0.2, 0.25) is 0 Å². The van der Waals surface area contributed by atoms with Crippen molar-refractivity contribution in [2.75, 3.05) is 26.8 Å². The fourth-order valence-electron chi connectivity index (χ4n) is 2.15. The Labute approximate surface area is 111 Å². The molecule has 18 heavy (non-hydrogen) atoms. The average molecular weight is 250 g/mol. The molecule has 0 saturated heterocycles. The van der Waals surface area contributed by atoms with Crippen molar-refractivity contribution in [1.82, 2.24) is 4.90 Å². The molecule has 0 saturated carbocycles. The number of hydrogen-bond donors (Lipinski definition) is 1. The maximum atomic E-state index is 6.35. The highest BCUT2D eigenvalue weighted by atomic mass is 16.5.